The van der Waals surface area contributed by atoms with Crippen LogP contribution < -0.4 is 4.74 Å². The predicted molar refractivity (Wildman–Crippen MR) is 79.9 cm³/mol. The van der Waals surface area contributed by atoms with E-state index in [1.54, 1.807) is 19.2 Å². The van der Waals surface area contributed by atoms with Crippen molar-refractivity contribution in [2.24, 2.45) is 11.8 Å². The number of carbonyl (C=O) groups excluding carboxylic acids is 3. The van der Waals surface area contributed by atoms with E-state index < -0.39 is 11.9 Å². The van der Waals surface area contributed by atoms with Crippen molar-refractivity contribution >= 4 is 17.5 Å². The first-order valence-corrected chi connectivity index (χ1v) is 7.28. The van der Waals surface area contributed by atoms with Gasteiger partial charge in [0.15, 0.2) is 5.78 Å². The Kier molecular flexibility index (Phi) is 4.96. The molecule has 0 heterocycles. The average Bonchev–Trinajstić information content (AvgIpc) is 2.51. The Morgan fingerprint density at radius 3 is 2.59 bits per heavy atom. The molecule has 0 aromatic heterocycles. The van der Waals surface area contributed by atoms with E-state index in [1.807, 2.05) is 13.0 Å². The van der Waals surface area contributed by atoms with Crippen molar-refractivity contribution in [2.75, 3.05) is 14.2 Å². The van der Waals surface area contributed by atoms with Crippen LogP contribution in [0, 0.1) is 11.8 Å². The van der Waals surface area contributed by atoms with Crippen LogP contribution in [-0.4, -0.2) is 31.8 Å². The summed E-state index contributed by atoms with van der Waals surface area (Å²) in [7, 11) is 2.86. The molecule has 0 N–H and O–H groups in total. The van der Waals surface area contributed by atoms with Crippen molar-refractivity contribution in [3.63, 3.8) is 0 Å². The number of rotatable bonds is 5. The number of fused-ring (bicyclic) bond motifs is 1. The summed E-state index contributed by atoms with van der Waals surface area (Å²) in [5.41, 5.74) is 1.49. The molecule has 1 aromatic rings. The van der Waals surface area contributed by atoms with Gasteiger partial charge >= 0.3 is 5.97 Å². The van der Waals surface area contributed by atoms with Crippen molar-refractivity contribution in [3.8, 4) is 5.75 Å². The van der Waals surface area contributed by atoms with Gasteiger partial charge in [0, 0.05) is 12.0 Å². The van der Waals surface area contributed by atoms with E-state index in [4.69, 9.17) is 4.74 Å². The summed E-state index contributed by atoms with van der Waals surface area (Å²) in [6.07, 6.45) is 0.702. The van der Waals surface area contributed by atoms with Gasteiger partial charge < -0.3 is 9.47 Å². The topological polar surface area (TPSA) is 69.7 Å². The average molecular weight is 304 g/mol. The van der Waals surface area contributed by atoms with E-state index in [0.29, 0.717) is 17.7 Å². The fraction of sp³-hybridized carbons (Fsp3) is 0.471. The van der Waals surface area contributed by atoms with Crippen molar-refractivity contribution in [2.45, 2.75) is 26.2 Å². The third-order valence-electron chi connectivity index (χ3n) is 4.12. The van der Waals surface area contributed by atoms with Gasteiger partial charge in [-0.15, -0.1) is 0 Å². The van der Waals surface area contributed by atoms with Crippen LogP contribution >= 0.6 is 0 Å². The second-order valence-corrected chi connectivity index (χ2v) is 5.59. The molecule has 1 aliphatic carbocycles. The van der Waals surface area contributed by atoms with E-state index >= 15 is 0 Å². The number of ketones is 2. The molecule has 2 unspecified atom stereocenters. The number of methoxy groups -OCH3 is 2. The van der Waals surface area contributed by atoms with Crippen molar-refractivity contribution in [1.29, 1.82) is 0 Å². The Balaban J connectivity index is 2.19. The largest absolute Gasteiger partial charge is 0.497 e. The molecule has 22 heavy (non-hydrogen) atoms. The molecule has 0 saturated carbocycles. The maximum atomic E-state index is 12.6. The molecule has 0 amide bonds. The molecule has 0 fully saturated rings. The lowest BCUT2D eigenvalue weighted by Crippen LogP contribution is -2.36. The van der Waals surface area contributed by atoms with Crippen molar-refractivity contribution in [1.82, 2.24) is 0 Å². The van der Waals surface area contributed by atoms with Gasteiger partial charge in [-0.2, -0.15) is 0 Å². The standard InChI is InChI=1S/C17H20O5/c1-10-8-11-9-12(21-2)4-5-13(11)17(20)16(10)14(18)6-7-15(19)22-3/h4-5,9-10,16H,6-8H2,1-3H3. The van der Waals surface area contributed by atoms with Crippen LogP contribution in [-0.2, 0) is 20.7 Å². The smallest absolute Gasteiger partial charge is 0.305 e. The highest BCUT2D eigenvalue weighted by atomic mass is 16.5. The number of carbonyl (C=O) groups is 3. The van der Waals surface area contributed by atoms with Gasteiger partial charge in [-0.25, -0.2) is 0 Å². The van der Waals surface area contributed by atoms with E-state index in [-0.39, 0.29) is 30.3 Å². The maximum Gasteiger partial charge on any atom is 0.305 e. The lowest BCUT2D eigenvalue weighted by atomic mass is 9.73. The summed E-state index contributed by atoms with van der Waals surface area (Å²) in [6.45, 7) is 1.89. The maximum absolute atomic E-state index is 12.6. The van der Waals surface area contributed by atoms with Crippen LogP contribution in [0.5, 0.6) is 5.75 Å². The Hall–Kier alpha value is -2.17. The summed E-state index contributed by atoms with van der Waals surface area (Å²) >= 11 is 0. The van der Waals surface area contributed by atoms with Gasteiger partial charge in [0.05, 0.1) is 26.6 Å². The molecule has 1 aromatic carbocycles. The Morgan fingerprint density at radius 2 is 1.95 bits per heavy atom. The number of hydrogen-bond acceptors (Lipinski definition) is 5. The molecule has 5 heteroatoms. The summed E-state index contributed by atoms with van der Waals surface area (Å²) in [4.78, 5) is 36.1. The Morgan fingerprint density at radius 1 is 1.23 bits per heavy atom. The minimum atomic E-state index is -0.675. The van der Waals surface area contributed by atoms with Crippen LogP contribution in [0.1, 0.15) is 35.7 Å². The van der Waals surface area contributed by atoms with E-state index in [1.165, 1.54) is 7.11 Å². The van der Waals surface area contributed by atoms with Crippen LogP contribution in [0.15, 0.2) is 18.2 Å². The second kappa shape index (κ2) is 6.73. The molecule has 118 valence electrons. The van der Waals surface area contributed by atoms with Crippen molar-refractivity contribution < 1.29 is 23.9 Å². The third-order valence-corrected chi connectivity index (χ3v) is 4.12. The van der Waals surface area contributed by atoms with Crippen LogP contribution in [0.2, 0.25) is 0 Å². The monoisotopic (exact) mass is 304 g/mol. The van der Waals surface area contributed by atoms with Gasteiger partial charge in [-0.05, 0) is 36.1 Å². The SMILES string of the molecule is COC(=O)CCC(=O)C1C(=O)c2ccc(OC)cc2CC1C. The normalized spacial score (nSPS) is 20.2. The number of ether oxygens (including phenoxy) is 2. The zero-order valence-electron chi connectivity index (χ0n) is 13.0. The molecular formula is C17H20O5. The lowest BCUT2D eigenvalue weighted by molar-refractivity contribution is -0.142. The van der Waals surface area contributed by atoms with Gasteiger partial charge in [-0.1, -0.05) is 6.92 Å². The van der Waals surface area contributed by atoms with E-state index in [9.17, 15) is 14.4 Å². The molecular weight excluding hydrogens is 284 g/mol. The van der Waals surface area contributed by atoms with E-state index in [0.717, 1.165) is 5.56 Å². The molecule has 1 aliphatic rings. The molecule has 0 saturated heterocycles. The molecule has 0 aliphatic heterocycles. The molecule has 2 rings (SSSR count). The van der Waals surface area contributed by atoms with E-state index in [2.05, 4.69) is 4.74 Å². The summed E-state index contributed by atoms with van der Waals surface area (Å²) in [5.74, 6) is -0.845. The molecule has 0 bridgehead atoms. The zero-order valence-corrected chi connectivity index (χ0v) is 13.0. The van der Waals surface area contributed by atoms with Crippen LogP contribution in [0.25, 0.3) is 0 Å². The molecule has 0 spiro atoms. The highest BCUT2D eigenvalue weighted by Crippen LogP contribution is 2.33. The number of esters is 1. The highest BCUT2D eigenvalue weighted by molar-refractivity contribution is 6.12. The minimum Gasteiger partial charge on any atom is -0.497 e. The number of Topliss-reactive ketones (excluding diaryl/α,β-unsaturated/α-hetero) is 2. The Labute approximate surface area is 129 Å². The first-order chi connectivity index (χ1) is 10.5. The van der Waals surface area contributed by atoms with Crippen LogP contribution in [0.3, 0.4) is 0 Å². The van der Waals surface area contributed by atoms with Crippen molar-refractivity contribution in [3.05, 3.63) is 29.3 Å². The fourth-order valence-corrected chi connectivity index (χ4v) is 2.94. The number of hydrogen-bond donors (Lipinski definition) is 0. The fourth-order valence-electron chi connectivity index (χ4n) is 2.94. The quantitative estimate of drug-likeness (QED) is 0.616. The lowest BCUT2D eigenvalue weighted by Gasteiger charge is -2.28. The van der Waals surface area contributed by atoms with Gasteiger partial charge in [0.2, 0.25) is 0 Å². The summed E-state index contributed by atoms with van der Waals surface area (Å²) in [6, 6.07) is 5.28. The summed E-state index contributed by atoms with van der Waals surface area (Å²) in [5, 5.41) is 0. The molecule has 2 atom stereocenters. The minimum absolute atomic E-state index is 0.0152. The highest BCUT2D eigenvalue weighted by Gasteiger charge is 2.37. The first-order valence-electron chi connectivity index (χ1n) is 7.28. The number of benzene rings is 1. The molecule has 0 radical (unpaired) electrons. The first kappa shape index (κ1) is 16.2. The zero-order chi connectivity index (χ0) is 16.3. The van der Waals surface area contributed by atoms with Gasteiger partial charge in [0.1, 0.15) is 11.5 Å². The summed E-state index contributed by atoms with van der Waals surface area (Å²) < 4.78 is 9.71. The molecule has 5 nitrogen and oxygen atoms in total. The Bertz CT molecular complexity index is 605. The van der Waals surface area contributed by atoms with Gasteiger partial charge in [0.25, 0.3) is 0 Å². The van der Waals surface area contributed by atoms with Gasteiger partial charge in [-0.3, -0.25) is 14.4 Å². The predicted octanol–water partition coefficient (Wildman–Crippen LogP) is 2.21. The second-order valence-electron chi connectivity index (χ2n) is 5.59. The van der Waals surface area contributed by atoms with Crippen LogP contribution in [0.4, 0.5) is 0 Å². The third kappa shape index (κ3) is 3.18.